The number of aryl methyl sites for hydroxylation is 1. The van der Waals surface area contributed by atoms with Crippen LogP contribution >= 0.6 is 0 Å². The molecule has 0 bridgehead atoms. The molecule has 2 heterocycles. The van der Waals surface area contributed by atoms with Crippen LogP contribution in [0.25, 0.3) is 0 Å². The second-order valence-electron chi connectivity index (χ2n) is 6.10. The van der Waals surface area contributed by atoms with Gasteiger partial charge in [0.25, 0.3) is 0 Å². The van der Waals surface area contributed by atoms with Gasteiger partial charge in [0.05, 0.1) is 13.5 Å². The topological polar surface area (TPSA) is 47.4 Å². The number of nitrogens with zero attached hydrogens (tertiary/aromatic N) is 3. The number of piperidine rings is 1. The highest BCUT2D eigenvalue weighted by atomic mass is 16.5. The number of imidazole rings is 1. The Morgan fingerprint density at radius 3 is 2.78 bits per heavy atom. The SMILES string of the molecule is COc1ccc(CC(=O)N2CCC[C@H](c3nccn3C)C2)cc1. The van der Waals surface area contributed by atoms with Crippen molar-refractivity contribution >= 4 is 5.91 Å². The largest absolute Gasteiger partial charge is 0.497 e. The smallest absolute Gasteiger partial charge is 0.227 e. The first kappa shape index (κ1) is 15.6. The third kappa shape index (κ3) is 3.55. The minimum absolute atomic E-state index is 0.189. The fourth-order valence-electron chi connectivity index (χ4n) is 3.21. The molecule has 1 fully saturated rings. The van der Waals surface area contributed by atoms with Crippen LogP contribution in [0.3, 0.4) is 0 Å². The van der Waals surface area contributed by atoms with E-state index in [1.54, 1.807) is 7.11 Å². The molecule has 1 aliphatic rings. The quantitative estimate of drug-likeness (QED) is 0.870. The van der Waals surface area contributed by atoms with Crippen molar-refractivity contribution in [2.24, 2.45) is 7.05 Å². The normalized spacial score (nSPS) is 18.0. The Hall–Kier alpha value is -2.30. The maximum Gasteiger partial charge on any atom is 0.227 e. The van der Waals surface area contributed by atoms with Gasteiger partial charge in [-0.1, -0.05) is 12.1 Å². The van der Waals surface area contributed by atoms with Gasteiger partial charge in [0.2, 0.25) is 5.91 Å². The zero-order valence-corrected chi connectivity index (χ0v) is 13.7. The molecule has 1 amide bonds. The number of likely N-dealkylation sites (tertiary alicyclic amines) is 1. The van der Waals surface area contributed by atoms with Crippen molar-refractivity contribution in [3.63, 3.8) is 0 Å². The maximum absolute atomic E-state index is 12.6. The summed E-state index contributed by atoms with van der Waals surface area (Å²) in [7, 11) is 3.66. The van der Waals surface area contributed by atoms with Crippen molar-refractivity contribution in [2.45, 2.75) is 25.2 Å². The second-order valence-corrected chi connectivity index (χ2v) is 6.10. The summed E-state index contributed by atoms with van der Waals surface area (Å²) in [6, 6.07) is 7.71. The molecule has 122 valence electrons. The highest BCUT2D eigenvalue weighted by Gasteiger charge is 2.26. The summed E-state index contributed by atoms with van der Waals surface area (Å²) in [5.74, 6) is 2.42. The van der Waals surface area contributed by atoms with Crippen molar-refractivity contribution in [3.05, 3.63) is 48.0 Å². The zero-order chi connectivity index (χ0) is 16.2. The van der Waals surface area contributed by atoms with E-state index in [0.29, 0.717) is 12.3 Å². The molecule has 1 aliphatic heterocycles. The van der Waals surface area contributed by atoms with Gasteiger partial charge in [0, 0.05) is 38.4 Å². The van der Waals surface area contributed by atoms with Crippen LogP contribution in [0.5, 0.6) is 5.75 Å². The first-order chi connectivity index (χ1) is 11.2. The molecular formula is C18H23N3O2. The Kier molecular flexibility index (Phi) is 4.65. The van der Waals surface area contributed by atoms with Gasteiger partial charge < -0.3 is 14.2 Å². The Labute approximate surface area is 136 Å². The van der Waals surface area contributed by atoms with Crippen LogP contribution < -0.4 is 4.74 Å². The minimum atomic E-state index is 0.189. The molecule has 23 heavy (non-hydrogen) atoms. The summed E-state index contributed by atoms with van der Waals surface area (Å²) in [5, 5.41) is 0. The number of amides is 1. The summed E-state index contributed by atoms with van der Waals surface area (Å²) < 4.78 is 7.21. The number of hydrogen-bond donors (Lipinski definition) is 0. The number of carbonyl (C=O) groups excluding carboxylic acids is 1. The van der Waals surface area contributed by atoms with Crippen LogP contribution in [0.1, 0.15) is 30.1 Å². The third-order valence-electron chi connectivity index (χ3n) is 4.51. The number of aromatic nitrogens is 2. The molecule has 1 aromatic heterocycles. The first-order valence-electron chi connectivity index (χ1n) is 8.05. The summed E-state index contributed by atoms with van der Waals surface area (Å²) in [6.45, 7) is 1.61. The lowest BCUT2D eigenvalue weighted by molar-refractivity contribution is -0.131. The molecule has 1 atom stereocenters. The van der Waals surface area contributed by atoms with Crippen molar-refractivity contribution in [1.29, 1.82) is 0 Å². The van der Waals surface area contributed by atoms with E-state index < -0.39 is 0 Å². The van der Waals surface area contributed by atoms with E-state index in [-0.39, 0.29) is 5.91 Å². The van der Waals surface area contributed by atoms with Crippen LogP contribution in [-0.4, -0.2) is 40.6 Å². The van der Waals surface area contributed by atoms with E-state index in [4.69, 9.17) is 4.74 Å². The highest BCUT2D eigenvalue weighted by molar-refractivity contribution is 5.79. The zero-order valence-electron chi connectivity index (χ0n) is 13.7. The lowest BCUT2D eigenvalue weighted by atomic mass is 9.96. The van der Waals surface area contributed by atoms with Crippen molar-refractivity contribution < 1.29 is 9.53 Å². The second kappa shape index (κ2) is 6.86. The van der Waals surface area contributed by atoms with Gasteiger partial charge in [0.15, 0.2) is 0 Å². The van der Waals surface area contributed by atoms with Crippen molar-refractivity contribution in [3.8, 4) is 5.75 Å². The molecule has 1 saturated heterocycles. The minimum Gasteiger partial charge on any atom is -0.497 e. The predicted octanol–water partition coefficient (Wildman–Crippen LogP) is 2.38. The number of hydrogen-bond acceptors (Lipinski definition) is 3. The van der Waals surface area contributed by atoms with Gasteiger partial charge >= 0.3 is 0 Å². The van der Waals surface area contributed by atoms with Gasteiger partial charge in [-0.15, -0.1) is 0 Å². The van der Waals surface area contributed by atoms with Crippen LogP contribution in [0, 0.1) is 0 Å². The van der Waals surface area contributed by atoms with Gasteiger partial charge in [-0.3, -0.25) is 4.79 Å². The van der Waals surface area contributed by atoms with Crippen molar-refractivity contribution in [1.82, 2.24) is 14.5 Å². The molecule has 1 aromatic carbocycles. The molecule has 5 heteroatoms. The Balaban J connectivity index is 1.63. The molecule has 0 spiro atoms. The lowest BCUT2D eigenvalue weighted by Crippen LogP contribution is -2.40. The van der Waals surface area contributed by atoms with Gasteiger partial charge in [-0.05, 0) is 30.5 Å². The average molecular weight is 313 g/mol. The summed E-state index contributed by atoms with van der Waals surface area (Å²) in [6.07, 6.45) is 6.36. The van der Waals surface area contributed by atoms with Gasteiger partial charge in [-0.25, -0.2) is 4.98 Å². The van der Waals surface area contributed by atoms with Gasteiger partial charge in [-0.2, -0.15) is 0 Å². The summed E-state index contributed by atoms with van der Waals surface area (Å²) >= 11 is 0. The fraction of sp³-hybridized carbons (Fsp3) is 0.444. The summed E-state index contributed by atoms with van der Waals surface area (Å²) in [4.78, 5) is 19.0. The maximum atomic E-state index is 12.6. The van der Waals surface area contributed by atoms with E-state index in [2.05, 4.69) is 9.55 Å². The third-order valence-corrected chi connectivity index (χ3v) is 4.51. The van der Waals surface area contributed by atoms with Crippen molar-refractivity contribution in [2.75, 3.05) is 20.2 Å². The van der Waals surface area contributed by atoms with E-state index in [0.717, 1.165) is 43.1 Å². The standard InChI is InChI=1S/C18H23N3O2/c1-20-11-9-19-18(20)15-4-3-10-21(13-15)17(22)12-14-5-7-16(23-2)8-6-14/h5-9,11,15H,3-4,10,12-13H2,1-2H3/t15-/m0/s1. The molecule has 0 N–H and O–H groups in total. The molecule has 0 saturated carbocycles. The Morgan fingerprint density at radius 2 is 2.13 bits per heavy atom. The number of ether oxygens (including phenoxy) is 1. The average Bonchev–Trinajstić information content (AvgIpc) is 3.02. The molecule has 5 nitrogen and oxygen atoms in total. The van der Waals surface area contributed by atoms with Crippen LogP contribution in [0.4, 0.5) is 0 Å². The van der Waals surface area contributed by atoms with Crippen LogP contribution in [0.15, 0.2) is 36.7 Å². The first-order valence-corrected chi connectivity index (χ1v) is 8.05. The Bertz CT molecular complexity index is 663. The number of benzene rings is 1. The predicted molar refractivity (Wildman–Crippen MR) is 88.5 cm³/mol. The molecule has 2 aromatic rings. The molecule has 0 aliphatic carbocycles. The van der Waals surface area contributed by atoms with Gasteiger partial charge in [0.1, 0.15) is 11.6 Å². The lowest BCUT2D eigenvalue weighted by Gasteiger charge is -2.32. The number of rotatable bonds is 4. The Morgan fingerprint density at radius 1 is 1.35 bits per heavy atom. The molecule has 3 rings (SSSR count). The summed E-state index contributed by atoms with van der Waals surface area (Å²) in [5.41, 5.74) is 1.02. The molecule has 0 radical (unpaired) electrons. The molecule has 0 unspecified atom stereocenters. The van der Waals surface area contributed by atoms with E-state index in [9.17, 15) is 4.79 Å². The van der Waals surface area contributed by atoms with Crippen LogP contribution in [0.2, 0.25) is 0 Å². The highest BCUT2D eigenvalue weighted by Crippen LogP contribution is 2.26. The van der Waals surface area contributed by atoms with E-state index in [1.807, 2.05) is 48.6 Å². The number of methoxy groups -OCH3 is 1. The van der Waals surface area contributed by atoms with E-state index >= 15 is 0 Å². The molecular weight excluding hydrogens is 290 g/mol. The van der Waals surface area contributed by atoms with E-state index in [1.165, 1.54) is 0 Å². The fourth-order valence-corrected chi connectivity index (χ4v) is 3.21. The number of carbonyl (C=O) groups is 1. The van der Waals surface area contributed by atoms with Crippen LogP contribution in [-0.2, 0) is 18.3 Å². The monoisotopic (exact) mass is 313 g/mol.